The molecular formula is C25H22Cl3N3O4. The van der Waals surface area contributed by atoms with Crippen molar-refractivity contribution in [2.24, 2.45) is 5.10 Å². The first-order chi connectivity index (χ1) is 16.9. The zero-order chi connectivity index (χ0) is 25.2. The van der Waals surface area contributed by atoms with E-state index in [0.29, 0.717) is 38.7 Å². The number of hydrogen-bond donors (Lipinski definition) is 2. The molecule has 0 aromatic heterocycles. The number of rotatable bonds is 9. The van der Waals surface area contributed by atoms with Gasteiger partial charge in [-0.05, 0) is 66.1 Å². The molecule has 2 amide bonds. The maximum atomic E-state index is 12.0. The molecule has 0 heterocycles. The lowest BCUT2D eigenvalue weighted by Gasteiger charge is -2.13. The summed E-state index contributed by atoms with van der Waals surface area (Å²) in [5.74, 6) is -0.663. The Morgan fingerprint density at radius 2 is 1.60 bits per heavy atom. The highest BCUT2D eigenvalue weighted by Crippen LogP contribution is 2.30. The van der Waals surface area contributed by atoms with Crippen molar-refractivity contribution in [3.63, 3.8) is 0 Å². The highest BCUT2D eigenvalue weighted by Gasteiger charge is 2.12. The van der Waals surface area contributed by atoms with Crippen molar-refractivity contribution >= 4 is 52.8 Å². The van der Waals surface area contributed by atoms with Crippen molar-refractivity contribution < 1.29 is 19.1 Å². The Kier molecular flexibility index (Phi) is 9.78. The van der Waals surface area contributed by atoms with Gasteiger partial charge in [0.15, 0.2) is 11.5 Å². The lowest BCUT2D eigenvalue weighted by Crippen LogP contribution is -2.37. The van der Waals surface area contributed by atoms with E-state index in [1.54, 1.807) is 54.6 Å². The van der Waals surface area contributed by atoms with E-state index in [9.17, 15) is 9.59 Å². The summed E-state index contributed by atoms with van der Waals surface area (Å²) in [6.45, 7) is 2.74. The van der Waals surface area contributed by atoms with Gasteiger partial charge in [-0.3, -0.25) is 9.59 Å². The molecule has 182 valence electrons. The monoisotopic (exact) mass is 533 g/mol. The predicted molar refractivity (Wildman–Crippen MR) is 137 cm³/mol. The molecule has 0 bridgehead atoms. The van der Waals surface area contributed by atoms with E-state index in [4.69, 9.17) is 44.3 Å². The van der Waals surface area contributed by atoms with Gasteiger partial charge >= 0.3 is 11.8 Å². The molecule has 3 aromatic rings. The minimum atomic E-state index is -0.887. The molecule has 0 aliphatic carbocycles. The Morgan fingerprint density at radius 1 is 0.857 bits per heavy atom. The van der Waals surface area contributed by atoms with Crippen molar-refractivity contribution in [1.29, 1.82) is 0 Å². The third-order valence-corrected chi connectivity index (χ3v) is 5.59. The molecule has 3 rings (SSSR count). The van der Waals surface area contributed by atoms with E-state index in [2.05, 4.69) is 15.8 Å². The van der Waals surface area contributed by atoms with Crippen LogP contribution in [-0.4, -0.2) is 24.6 Å². The second-order valence-electron chi connectivity index (χ2n) is 7.18. The Hall–Kier alpha value is -3.26. The first-order valence-electron chi connectivity index (χ1n) is 10.5. The number of carbonyl (C=O) groups is 2. The zero-order valence-corrected chi connectivity index (χ0v) is 21.0. The first kappa shape index (κ1) is 26.3. The molecule has 0 aliphatic rings. The average Bonchev–Trinajstić information content (AvgIpc) is 2.85. The van der Waals surface area contributed by atoms with Gasteiger partial charge in [0, 0.05) is 11.6 Å². The SMILES string of the molecule is CCOc1cc(/C=N\NC(=O)C(=O)NCc2ccc(Cl)cc2)ccc1OCc1ccc(Cl)c(Cl)c1. The number of nitrogens with zero attached hydrogens (tertiary/aromatic N) is 1. The van der Waals surface area contributed by atoms with Crippen molar-refractivity contribution in [1.82, 2.24) is 10.7 Å². The number of ether oxygens (including phenoxy) is 2. The van der Waals surface area contributed by atoms with Crippen LogP contribution in [0.25, 0.3) is 0 Å². The molecule has 0 atom stereocenters. The number of benzene rings is 3. The predicted octanol–water partition coefficient (Wildman–Crippen LogP) is 5.39. The average molecular weight is 535 g/mol. The van der Waals surface area contributed by atoms with Crippen LogP contribution in [0.2, 0.25) is 15.1 Å². The second-order valence-corrected chi connectivity index (χ2v) is 8.44. The van der Waals surface area contributed by atoms with Crippen molar-refractivity contribution in [3.05, 3.63) is 92.4 Å². The molecule has 0 aliphatic heterocycles. The Balaban J connectivity index is 1.55. The smallest absolute Gasteiger partial charge is 0.329 e. The summed E-state index contributed by atoms with van der Waals surface area (Å²) < 4.78 is 11.5. The quantitative estimate of drug-likeness (QED) is 0.219. The highest BCUT2D eigenvalue weighted by atomic mass is 35.5. The molecule has 10 heteroatoms. The van der Waals surface area contributed by atoms with Crippen LogP contribution in [0.1, 0.15) is 23.6 Å². The van der Waals surface area contributed by atoms with Crippen LogP contribution >= 0.6 is 34.8 Å². The summed E-state index contributed by atoms with van der Waals surface area (Å²) in [6, 6.07) is 17.4. The molecule has 7 nitrogen and oxygen atoms in total. The number of amides is 2. The molecule has 0 radical (unpaired) electrons. The summed E-state index contributed by atoms with van der Waals surface area (Å²) in [7, 11) is 0. The van der Waals surface area contributed by atoms with Crippen LogP contribution in [0.5, 0.6) is 11.5 Å². The molecule has 0 unspecified atom stereocenters. The molecular weight excluding hydrogens is 513 g/mol. The molecule has 0 saturated heterocycles. The highest BCUT2D eigenvalue weighted by molar-refractivity contribution is 6.42. The van der Waals surface area contributed by atoms with Gasteiger partial charge in [0.2, 0.25) is 0 Å². The molecule has 35 heavy (non-hydrogen) atoms. The summed E-state index contributed by atoms with van der Waals surface area (Å²) in [5.41, 5.74) is 4.50. The van der Waals surface area contributed by atoms with Crippen LogP contribution < -0.4 is 20.2 Å². The number of hydrogen-bond acceptors (Lipinski definition) is 5. The van der Waals surface area contributed by atoms with E-state index in [1.165, 1.54) is 6.21 Å². The Labute approximate surface area is 218 Å². The van der Waals surface area contributed by atoms with Gasteiger partial charge < -0.3 is 14.8 Å². The lowest BCUT2D eigenvalue weighted by atomic mass is 10.2. The third kappa shape index (κ3) is 8.17. The summed E-state index contributed by atoms with van der Waals surface area (Å²) >= 11 is 17.8. The minimum absolute atomic E-state index is 0.189. The number of nitrogens with one attached hydrogen (secondary N) is 2. The Bertz CT molecular complexity index is 1220. The zero-order valence-electron chi connectivity index (χ0n) is 18.7. The van der Waals surface area contributed by atoms with Crippen molar-refractivity contribution in [2.75, 3.05) is 6.61 Å². The van der Waals surface area contributed by atoms with E-state index >= 15 is 0 Å². The maximum Gasteiger partial charge on any atom is 0.329 e. The maximum absolute atomic E-state index is 12.0. The Morgan fingerprint density at radius 3 is 2.31 bits per heavy atom. The fourth-order valence-electron chi connectivity index (χ4n) is 2.86. The fraction of sp³-hybridized carbons (Fsp3) is 0.160. The van der Waals surface area contributed by atoms with E-state index in [-0.39, 0.29) is 13.2 Å². The van der Waals surface area contributed by atoms with Gasteiger partial charge in [-0.2, -0.15) is 5.10 Å². The van der Waals surface area contributed by atoms with E-state index < -0.39 is 11.8 Å². The fourth-order valence-corrected chi connectivity index (χ4v) is 3.31. The van der Waals surface area contributed by atoms with E-state index in [1.807, 2.05) is 13.0 Å². The topological polar surface area (TPSA) is 89.0 Å². The van der Waals surface area contributed by atoms with Gasteiger partial charge in [0.1, 0.15) is 6.61 Å². The van der Waals surface area contributed by atoms with Gasteiger partial charge in [0.25, 0.3) is 0 Å². The van der Waals surface area contributed by atoms with Crippen LogP contribution in [0.15, 0.2) is 65.8 Å². The molecule has 0 saturated carbocycles. The number of carbonyl (C=O) groups excluding carboxylic acids is 2. The second kappa shape index (κ2) is 13.0. The third-order valence-electron chi connectivity index (χ3n) is 4.60. The summed E-state index contributed by atoms with van der Waals surface area (Å²) in [5, 5.41) is 7.87. The summed E-state index contributed by atoms with van der Waals surface area (Å²) in [4.78, 5) is 23.9. The lowest BCUT2D eigenvalue weighted by molar-refractivity contribution is -0.139. The van der Waals surface area contributed by atoms with Crippen molar-refractivity contribution in [3.8, 4) is 11.5 Å². The van der Waals surface area contributed by atoms with Crippen molar-refractivity contribution in [2.45, 2.75) is 20.1 Å². The van der Waals surface area contributed by atoms with Crippen LogP contribution in [-0.2, 0) is 22.7 Å². The number of hydrazone groups is 1. The van der Waals surface area contributed by atoms with E-state index in [0.717, 1.165) is 11.1 Å². The normalized spacial score (nSPS) is 10.7. The molecule has 2 N–H and O–H groups in total. The van der Waals surface area contributed by atoms with Crippen LogP contribution in [0, 0.1) is 0 Å². The summed E-state index contributed by atoms with van der Waals surface area (Å²) in [6.07, 6.45) is 1.40. The van der Waals surface area contributed by atoms with Crippen LogP contribution in [0.3, 0.4) is 0 Å². The number of halogens is 3. The van der Waals surface area contributed by atoms with Gasteiger partial charge in [-0.1, -0.05) is 53.0 Å². The van der Waals surface area contributed by atoms with Gasteiger partial charge in [0.05, 0.1) is 22.9 Å². The molecule has 0 spiro atoms. The van der Waals surface area contributed by atoms with Crippen LogP contribution in [0.4, 0.5) is 0 Å². The van der Waals surface area contributed by atoms with Gasteiger partial charge in [-0.25, -0.2) is 5.43 Å². The largest absolute Gasteiger partial charge is 0.490 e. The standard InChI is InChI=1S/C25H22Cl3N3O4/c1-2-34-23-12-17(6-10-22(23)35-15-18-5-9-20(27)21(28)11-18)14-30-31-25(33)24(32)29-13-16-3-7-19(26)8-4-16/h3-12,14H,2,13,15H2,1H3,(H,29,32)(H,31,33)/b30-14-. The minimum Gasteiger partial charge on any atom is -0.490 e. The molecule has 3 aromatic carbocycles. The molecule has 0 fully saturated rings. The van der Waals surface area contributed by atoms with Gasteiger partial charge in [-0.15, -0.1) is 0 Å². The first-order valence-corrected chi connectivity index (χ1v) is 11.7.